The lowest BCUT2D eigenvalue weighted by Crippen LogP contribution is -2.07. The number of unbranched alkanes of at least 4 members (excludes halogenated alkanes) is 1. The first-order chi connectivity index (χ1) is 9.18. The molecule has 2 aromatic heterocycles. The maximum Gasteiger partial charge on any atom is 0.340 e. The molecular formula is C12H16N4O2S. The van der Waals surface area contributed by atoms with Gasteiger partial charge in [0.05, 0.1) is 12.0 Å². The van der Waals surface area contributed by atoms with Gasteiger partial charge >= 0.3 is 5.97 Å². The van der Waals surface area contributed by atoms with Gasteiger partial charge in [-0.25, -0.2) is 9.78 Å². The average Bonchev–Trinajstić information content (AvgIpc) is 2.98. The molecule has 7 heteroatoms. The number of nitrogens with one attached hydrogen (secondary N) is 1. The number of carbonyl (C=O) groups is 1. The molecule has 0 aliphatic carbocycles. The minimum atomic E-state index is -0.924. The van der Waals surface area contributed by atoms with E-state index in [2.05, 4.69) is 14.7 Å². The molecule has 2 N–H and O–H groups in total. The highest BCUT2D eigenvalue weighted by atomic mass is 32.1. The molecule has 102 valence electrons. The van der Waals surface area contributed by atoms with Gasteiger partial charge in [0.25, 0.3) is 0 Å². The second kappa shape index (κ2) is 6.33. The summed E-state index contributed by atoms with van der Waals surface area (Å²) in [6, 6.07) is 0. The van der Waals surface area contributed by atoms with Crippen LogP contribution in [0.4, 0.5) is 5.00 Å². The number of nitrogens with zero attached hydrogens (tertiary/aromatic N) is 3. The Morgan fingerprint density at radius 1 is 1.53 bits per heavy atom. The lowest BCUT2D eigenvalue weighted by atomic mass is 10.2. The zero-order valence-corrected chi connectivity index (χ0v) is 11.5. The van der Waals surface area contributed by atoms with Gasteiger partial charge in [0.15, 0.2) is 0 Å². The Morgan fingerprint density at radius 3 is 3.05 bits per heavy atom. The predicted octanol–water partition coefficient (Wildman–Crippen LogP) is 2.24. The minimum Gasteiger partial charge on any atom is -0.478 e. The van der Waals surface area contributed by atoms with Crippen LogP contribution in [0.5, 0.6) is 0 Å². The number of hydrogen-bond donors (Lipinski definition) is 2. The van der Waals surface area contributed by atoms with E-state index in [1.807, 2.05) is 10.8 Å². The van der Waals surface area contributed by atoms with Gasteiger partial charge in [-0.05, 0) is 31.3 Å². The van der Waals surface area contributed by atoms with Gasteiger partial charge in [-0.1, -0.05) is 0 Å². The first kappa shape index (κ1) is 13.5. The molecule has 0 aliphatic rings. The van der Waals surface area contributed by atoms with Crippen molar-refractivity contribution >= 4 is 22.5 Å². The summed E-state index contributed by atoms with van der Waals surface area (Å²) >= 11 is 1.20. The predicted molar refractivity (Wildman–Crippen MR) is 73.8 cm³/mol. The second-order valence-corrected chi connectivity index (χ2v) is 4.99. The van der Waals surface area contributed by atoms with Crippen LogP contribution in [-0.2, 0) is 6.54 Å². The fourth-order valence-corrected chi connectivity index (χ4v) is 2.59. The van der Waals surface area contributed by atoms with Gasteiger partial charge in [0, 0.05) is 25.5 Å². The van der Waals surface area contributed by atoms with E-state index in [4.69, 9.17) is 5.11 Å². The highest BCUT2D eigenvalue weighted by molar-refractivity contribution is 7.10. The number of imidazole rings is 1. The molecule has 0 amide bonds. The standard InChI is InChI=1S/C12H16N4O2S/c1-9-10(12(17)18)11(19-15-9)14-4-2-3-6-16-7-5-13-8-16/h5,7-8,14H,2-4,6H2,1H3,(H,17,18). The third kappa shape index (κ3) is 3.54. The molecule has 19 heavy (non-hydrogen) atoms. The Labute approximate surface area is 115 Å². The lowest BCUT2D eigenvalue weighted by molar-refractivity contribution is 0.0697. The van der Waals surface area contributed by atoms with Gasteiger partial charge < -0.3 is 15.0 Å². The molecule has 0 bridgehead atoms. The van der Waals surface area contributed by atoms with E-state index in [0.29, 0.717) is 16.3 Å². The van der Waals surface area contributed by atoms with Gasteiger partial charge in [0.1, 0.15) is 10.6 Å². The number of aromatic carboxylic acids is 1. The number of carboxylic acid groups (broad SMARTS) is 1. The van der Waals surface area contributed by atoms with Crippen molar-refractivity contribution < 1.29 is 9.90 Å². The number of aromatic nitrogens is 3. The SMILES string of the molecule is Cc1nsc(NCCCCn2ccnc2)c1C(=O)O. The normalized spacial score (nSPS) is 10.6. The van der Waals surface area contributed by atoms with Crippen molar-refractivity contribution in [3.63, 3.8) is 0 Å². The molecule has 0 radical (unpaired) electrons. The molecular weight excluding hydrogens is 264 g/mol. The number of aryl methyl sites for hydroxylation is 2. The van der Waals surface area contributed by atoms with E-state index in [0.717, 1.165) is 25.9 Å². The topological polar surface area (TPSA) is 80.0 Å². The molecule has 2 heterocycles. The van der Waals surface area contributed by atoms with Crippen LogP contribution in [0, 0.1) is 6.92 Å². The van der Waals surface area contributed by atoms with Crippen molar-refractivity contribution in [3.05, 3.63) is 30.0 Å². The fraction of sp³-hybridized carbons (Fsp3) is 0.417. The van der Waals surface area contributed by atoms with Crippen molar-refractivity contribution in [2.45, 2.75) is 26.3 Å². The highest BCUT2D eigenvalue weighted by Crippen LogP contribution is 2.24. The van der Waals surface area contributed by atoms with Crippen LogP contribution >= 0.6 is 11.5 Å². The van der Waals surface area contributed by atoms with Gasteiger partial charge in [-0.15, -0.1) is 0 Å². The number of rotatable bonds is 7. The van der Waals surface area contributed by atoms with Crippen LogP contribution in [0.2, 0.25) is 0 Å². The summed E-state index contributed by atoms with van der Waals surface area (Å²) in [6.07, 6.45) is 7.47. The van der Waals surface area contributed by atoms with Crippen LogP contribution < -0.4 is 5.32 Å². The maximum atomic E-state index is 11.1. The molecule has 2 aromatic rings. The lowest BCUT2D eigenvalue weighted by Gasteiger charge is -2.05. The second-order valence-electron chi connectivity index (χ2n) is 4.21. The molecule has 2 rings (SSSR count). The zero-order valence-electron chi connectivity index (χ0n) is 10.7. The van der Waals surface area contributed by atoms with Gasteiger partial charge in [-0.3, -0.25) is 0 Å². The van der Waals surface area contributed by atoms with E-state index >= 15 is 0 Å². The van der Waals surface area contributed by atoms with E-state index in [1.54, 1.807) is 19.4 Å². The van der Waals surface area contributed by atoms with Crippen molar-refractivity contribution in [2.24, 2.45) is 0 Å². The molecule has 0 saturated carbocycles. The van der Waals surface area contributed by atoms with Crippen molar-refractivity contribution in [1.82, 2.24) is 13.9 Å². The minimum absolute atomic E-state index is 0.291. The molecule has 0 unspecified atom stereocenters. The molecule has 0 aliphatic heterocycles. The fourth-order valence-electron chi connectivity index (χ4n) is 1.78. The van der Waals surface area contributed by atoms with Crippen LogP contribution in [0.1, 0.15) is 28.9 Å². The van der Waals surface area contributed by atoms with E-state index < -0.39 is 5.97 Å². The summed E-state index contributed by atoms with van der Waals surface area (Å²) in [6.45, 7) is 3.38. The summed E-state index contributed by atoms with van der Waals surface area (Å²) in [5, 5.41) is 12.9. The Bertz CT molecular complexity index is 536. The van der Waals surface area contributed by atoms with E-state index in [-0.39, 0.29) is 0 Å². The molecule has 0 fully saturated rings. The summed E-state index contributed by atoms with van der Waals surface area (Å²) in [5.41, 5.74) is 0.859. The Hall–Kier alpha value is -1.89. The van der Waals surface area contributed by atoms with Crippen molar-refractivity contribution in [1.29, 1.82) is 0 Å². The summed E-state index contributed by atoms with van der Waals surface area (Å²) in [5.74, 6) is -0.924. The molecule has 0 aromatic carbocycles. The van der Waals surface area contributed by atoms with Crippen LogP contribution in [-0.4, -0.2) is 31.5 Å². The Morgan fingerprint density at radius 2 is 2.37 bits per heavy atom. The quantitative estimate of drug-likeness (QED) is 0.760. The average molecular weight is 280 g/mol. The van der Waals surface area contributed by atoms with E-state index in [9.17, 15) is 4.79 Å². The monoisotopic (exact) mass is 280 g/mol. The van der Waals surface area contributed by atoms with Crippen molar-refractivity contribution in [2.75, 3.05) is 11.9 Å². The molecule has 0 atom stereocenters. The first-order valence-corrected chi connectivity index (χ1v) is 6.85. The molecule has 6 nitrogen and oxygen atoms in total. The summed E-state index contributed by atoms with van der Waals surface area (Å²) < 4.78 is 6.09. The third-order valence-corrected chi connectivity index (χ3v) is 3.66. The maximum absolute atomic E-state index is 11.1. The van der Waals surface area contributed by atoms with Crippen molar-refractivity contribution in [3.8, 4) is 0 Å². The smallest absolute Gasteiger partial charge is 0.340 e. The Balaban J connectivity index is 1.75. The van der Waals surface area contributed by atoms with Crippen LogP contribution in [0.25, 0.3) is 0 Å². The third-order valence-electron chi connectivity index (χ3n) is 2.76. The van der Waals surface area contributed by atoms with Gasteiger partial charge in [-0.2, -0.15) is 4.37 Å². The first-order valence-electron chi connectivity index (χ1n) is 6.07. The Kier molecular flexibility index (Phi) is 4.51. The molecule has 0 saturated heterocycles. The largest absolute Gasteiger partial charge is 0.478 e. The molecule has 0 spiro atoms. The number of carboxylic acids is 1. The summed E-state index contributed by atoms with van der Waals surface area (Å²) in [7, 11) is 0. The van der Waals surface area contributed by atoms with Gasteiger partial charge in [0.2, 0.25) is 0 Å². The highest BCUT2D eigenvalue weighted by Gasteiger charge is 2.16. The number of hydrogen-bond acceptors (Lipinski definition) is 5. The van der Waals surface area contributed by atoms with Crippen LogP contribution in [0.3, 0.4) is 0 Å². The summed E-state index contributed by atoms with van der Waals surface area (Å²) in [4.78, 5) is 15.0. The van der Waals surface area contributed by atoms with Crippen LogP contribution in [0.15, 0.2) is 18.7 Å². The van der Waals surface area contributed by atoms with E-state index in [1.165, 1.54) is 11.5 Å². The number of anilines is 1. The zero-order chi connectivity index (χ0) is 13.7.